The average molecular weight is 326 g/mol. The quantitative estimate of drug-likeness (QED) is 0.818. The van der Waals surface area contributed by atoms with Crippen molar-refractivity contribution in [3.8, 4) is 0 Å². The molecule has 5 heteroatoms. The van der Waals surface area contributed by atoms with Crippen LogP contribution in [0.4, 0.5) is 5.82 Å². The number of aromatic amines is 1. The minimum absolute atomic E-state index is 0.0540. The van der Waals surface area contributed by atoms with E-state index in [1.807, 2.05) is 55.6 Å². The highest BCUT2D eigenvalue weighted by Crippen LogP contribution is 2.10. The van der Waals surface area contributed by atoms with E-state index in [1.54, 1.807) is 0 Å². The molecule has 1 amide bonds. The normalized spacial score (nSPS) is 16.6. The first-order valence-corrected chi connectivity index (χ1v) is 8.62. The van der Waals surface area contributed by atoms with Crippen LogP contribution in [0.5, 0.6) is 0 Å². The summed E-state index contributed by atoms with van der Waals surface area (Å²) in [6, 6.07) is 16.3. The zero-order valence-corrected chi connectivity index (χ0v) is 14.2. The summed E-state index contributed by atoms with van der Waals surface area (Å²) < 4.78 is 0. The van der Waals surface area contributed by atoms with Crippen molar-refractivity contribution in [2.45, 2.75) is 13.0 Å². The zero-order chi connectivity index (χ0) is 16.8. The van der Waals surface area contributed by atoms with Gasteiger partial charge in [0.2, 0.25) is 0 Å². The lowest BCUT2D eigenvalue weighted by atomic mass is 10.1. The van der Waals surface area contributed by atoms with Crippen molar-refractivity contribution in [2.75, 3.05) is 37.6 Å². The number of hydrogen-bond donors (Lipinski definition) is 2. The molecule has 0 saturated carbocycles. The van der Waals surface area contributed by atoms with Crippen molar-refractivity contribution >= 4 is 11.7 Å². The van der Waals surface area contributed by atoms with E-state index >= 15 is 0 Å². The number of amides is 1. The number of nitrogens with zero attached hydrogens (tertiary/aromatic N) is 1. The third-order valence-electron chi connectivity index (χ3n) is 4.59. The van der Waals surface area contributed by atoms with Crippen molar-refractivity contribution in [3.63, 3.8) is 0 Å². The van der Waals surface area contributed by atoms with Crippen molar-refractivity contribution in [1.82, 2.24) is 5.32 Å². The van der Waals surface area contributed by atoms with Gasteiger partial charge in [0.05, 0.1) is 12.2 Å². The Bertz CT molecular complexity index is 639. The van der Waals surface area contributed by atoms with E-state index in [9.17, 15) is 4.79 Å². The highest BCUT2D eigenvalue weighted by atomic mass is 16.2. The molecule has 1 aliphatic rings. The van der Waals surface area contributed by atoms with Gasteiger partial charge in [-0.05, 0) is 18.6 Å². The fraction of sp³-hybridized carbons (Fsp3) is 0.368. The van der Waals surface area contributed by atoms with Crippen LogP contribution in [-0.2, 0) is 4.79 Å². The second kappa shape index (κ2) is 7.93. The van der Waals surface area contributed by atoms with E-state index < -0.39 is 0 Å². The van der Waals surface area contributed by atoms with Crippen molar-refractivity contribution in [2.24, 2.45) is 0 Å². The number of hydrogen-bond acceptors (Lipinski definition) is 2. The number of aromatic nitrogens is 1. The van der Waals surface area contributed by atoms with Gasteiger partial charge >= 0.3 is 0 Å². The molecule has 0 spiro atoms. The Hall–Kier alpha value is -2.40. The number of nitrogens with one attached hydrogen (secondary N) is 3. The summed E-state index contributed by atoms with van der Waals surface area (Å²) >= 11 is 0. The van der Waals surface area contributed by atoms with Gasteiger partial charge in [-0.25, -0.2) is 4.98 Å². The van der Waals surface area contributed by atoms with Gasteiger partial charge in [-0.1, -0.05) is 36.4 Å². The first kappa shape index (κ1) is 16.5. The third kappa shape index (κ3) is 4.32. The standard InChI is InChI=1S/C19H24N4O/c1-16(17-7-3-2-4-8-17)21-19(24)15-22-11-13-23(14-12-22)18-9-5-6-10-20-18/h2-10,16H,11-15H2,1H3,(H,21,24)/p+2/t16-/m0/s1. The van der Waals surface area contributed by atoms with Crippen LogP contribution < -0.4 is 20.1 Å². The van der Waals surface area contributed by atoms with Gasteiger partial charge in [0.1, 0.15) is 26.2 Å². The molecule has 3 rings (SSSR count). The fourth-order valence-corrected chi connectivity index (χ4v) is 3.17. The molecule has 1 fully saturated rings. The van der Waals surface area contributed by atoms with Crippen LogP contribution >= 0.6 is 0 Å². The summed E-state index contributed by atoms with van der Waals surface area (Å²) in [5.74, 6) is 1.28. The van der Waals surface area contributed by atoms with E-state index in [0.717, 1.165) is 37.6 Å². The van der Waals surface area contributed by atoms with Gasteiger partial charge in [0.15, 0.2) is 6.54 Å². The lowest BCUT2D eigenvalue weighted by Crippen LogP contribution is -3.16. The van der Waals surface area contributed by atoms with Crippen LogP contribution in [0.25, 0.3) is 0 Å². The van der Waals surface area contributed by atoms with Gasteiger partial charge in [-0.2, -0.15) is 0 Å². The predicted octanol–water partition coefficient (Wildman–Crippen LogP) is 0.0830. The zero-order valence-electron chi connectivity index (χ0n) is 14.2. The predicted molar refractivity (Wildman–Crippen MR) is 93.8 cm³/mol. The molecule has 0 radical (unpaired) electrons. The molecule has 1 aromatic carbocycles. The van der Waals surface area contributed by atoms with Crippen LogP contribution in [0.1, 0.15) is 18.5 Å². The Morgan fingerprint density at radius 2 is 1.88 bits per heavy atom. The average Bonchev–Trinajstić information content (AvgIpc) is 2.64. The number of rotatable bonds is 5. The Balaban J connectivity index is 1.45. The highest BCUT2D eigenvalue weighted by molar-refractivity contribution is 5.77. The number of H-pyrrole nitrogens is 1. The van der Waals surface area contributed by atoms with Crippen LogP contribution in [0.15, 0.2) is 54.7 Å². The van der Waals surface area contributed by atoms with E-state index in [-0.39, 0.29) is 11.9 Å². The Morgan fingerprint density at radius 3 is 2.54 bits per heavy atom. The summed E-state index contributed by atoms with van der Waals surface area (Å²) in [7, 11) is 0. The molecule has 1 aromatic heterocycles. The van der Waals surface area contributed by atoms with Gasteiger partial charge in [0.25, 0.3) is 11.7 Å². The van der Waals surface area contributed by atoms with E-state index in [0.29, 0.717) is 6.54 Å². The lowest BCUT2D eigenvalue weighted by molar-refractivity contribution is -0.892. The van der Waals surface area contributed by atoms with Crippen molar-refractivity contribution < 1.29 is 14.7 Å². The largest absolute Gasteiger partial charge is 0.345 e. The molecule has 3 N–H and O–H groups in total. The summed E-state index contributed by atoms with van der Waals surface area (Å²) in [6.45, 7) is 6.48. The molecule has 5 nitrogen and oxygen atoms in total. The van der Waals surface area contributed by atoms with E-state index in [2.05, 4.69) is 21.3 Å². The topological polar surface area (TPSA) is 50.9 Å². The molecule has 2 heterocycles. The smallest absolute Gasteiger partial charge is 0.275 e. The van der Waals surface area contributed by atoms with E-state index in [1.165, 1.54) is 4.90 Å². The molecule has 24 heavy (non-hydrogen) atoms. The SMILES string of the molecule is C[C@H](NC(=O)C[NH+]1CCN(c2cccc[nH+]2)CC1)c1ccccc1. The molecular formula is C19H26N4O+2. The highest BCUT2D eigenvalue weighted by Gasteiger charge is 2.27. The fourth-order valence-electron chi connectivity index (χ4n) is 3.17. The summed E-state index contributed by atoms with van der Waals surface area (Å²) in [5.41, 5.74) is 1.14. The Kier molecular flexibility index (Phi) is 5.43. The van der Waals surface area contributed by atoms with Gasteiger partial charge in [-0.15, -0.1) is 0 Å². The molecule has 0 bridgehead atoms. The molecule has 126 valence electrons. The second-order valence-electron chi connectivity index (χ2n) is 6.36. The van der Waals surface area contributed by atoms with E-state index in [4.69, 9.17) is 0 Å². The molecular weight excluding hydrogens is 300 g/mol. The minimum atomic E-state index is 0.0540. The maximum absolute atomic E-state index is 12.3. The first-order chi connectivity index (χ1) is 11.7. The summed E-state index contributed by atoms with van der Waals surface area (Å²) in [4.78, 5) is 19.3. The number of anilines is 1. The number of carbonyl (C=O) groups is 1. The molecule has 1 aliphatic heterocycles. The first-order valence-electron chi connectivity index (χ1n) is 8.62. The van der Waals surface area contributed by atoms with Crippen molar-refractivity contribution in [3.05, 3.63) is 60.3 Å². The van der Waals surface area contributed by atoms with Crippen molar-refractivity contribution in [1.29, 1.82) is 0 Å². The molecule has 1 saturated heterocycles. The Morgan fingerprint density at radius 1 is 1.17 bits per heavy atom. The Labute approximate surface area is 143 Å². The molecule has 0 aliphatic carbocycles. The maximum Gasteiger partial charge on any atom is 0.275 e. The number of pyridine rings is 1. The second-order valence-corrected chi connectivity index (χ2v) is 6.36. The molecule has 2 aromatic rings. The van der Waals surface area contributed by atoms with Crippen LogP contribution in [0.3, 0.4) is 0 Å². The third-order valence-corrected chi connectivity index (χ3v) is 4.59. The number of carbonyl (C=O) groups excluding carboxylic acids is 1. The van der Waals surface area contributed by atoms with Gasteiger partial charge in [0, 0.05) is 6.07 Å². The number of piperazine rings is 1. The van der Waals surface area contributed by atoms with Gasteiger partial charge in [-0.3, -0.25) is 9.69 Å². The molecule has 0 unspecified atom stereocenters. The van der Waals surface area contributed by atoms with Crippen LogP contribution in [-0.4, -0.2) is 38.6 Å². The number of benzene rings is 1. The van der Waals surface area contributed by atoms with Crippen LogP contribution in [0.2, 0.25) is 0 Å². The minimum Gasteiger partial charge on any atom is -0.345 e. The van der Waals surface area contributed by atoms with Gasteiger partial charge < -0.3 is 10.2 Å². The monoisotopic (exact) mass is 326 g/mol. The maximum atomic E-state index is 12.3. The summed E-state index contributed by atoms with van der Waals surface area (Å²) in [6.07, 6.45) is 1.95. The number of quaternary nitrogens is 1. The summed E-state index contributed by atoms with van der Waals surface area (Å²) in [5, 5.41) is 3.11. The van der Waals surface area contributed by atoms with Crippen LogP contribution in [0, 0.1) is 0 Å². The molecule has 1 atom stereocenters. The lowest BCUT2D eigenvalue weighted by Gasteiger charge is -2.28.